The number of nitro benzene ring substituents is 1. The summed E-state index contributed by atoms with van der Waals surface area (Å²) in [5.74, 6) is 0.190. The van der Waals surface area contributed by atoms with Gasteiger partial charge in [-0.15, -0.1) is 0 Å². The molecule has 0 saturated carbocycles. The highest BCUT2D eigenvalue weighted by molar-refractivity contribution is 5.64. The van der Waals surface area contributed by atoms with E-state index in [2.05, 4.69) is 0 Å². The van der Waals surface area contributed by atoms with Crippen molar-refractivity contribution in [3.63, 3.8) is 0 Å². The molecule has 0 aromatic heterocycles. The van der Waals surface area contributed by atoms with Crippen LogP contribution < -0.4 is 10.5 Å². The highest BCUT2D eigenvalue weighted by Gasteiger charge is 2.23. The van der Waals surface area contributed by atoms with Gasteiger partial charge in [-0.25, -0.2) is 4.79 Å². The van der Waals surface area contributed by atoms with Crippen molar-refractivity contribution in [3.05, 3.63) is 34.4 Å². The van der Waals surface area contributed by atoms with Gasteiger partial charge in [-0.2, -0.15) is 0 Å². The van der Waals surface area contributed by atoms with Gasteiger partial charge in [-0.1, -0.05) is 0 Å². The molecule has 0 saturated heterocycles. The van der Waals surface area contributed by atoms with Crippen LogP contribution in [0.1, 0.15) is 26.7 Å². The van der Waals surface area contributed by atoms with Crippen LogP contribution in [0.25, 0.3) is 0 Å². The lowest BCUT2D eigenvalue weighted by Crippen LogP contribution is -2.30. The Balaban J connectivity index is 2.55. The summed E-state index contributed by atoms with van der Waals surface area (Å²) >= 11 is 0. The summed E-state index contributed by atoms with van der Waals surface area (Å²) in [5.41, 5.74) is 4.66. The van der Waals surface area contributed by atoms with E-state index < -0.39 is 16.7 Å². The van der Waals surface area contributed by atoms with E-state index in [4.69, 9.17) is 15.2 Å². The van der Waals surface area contributed by atoms with E-state index in [0.717, 1.165) is 6.42 Å². The molecule has 7 nitrogen and oxygen atoms in total. The van der Waals surface area contributed by atoms with Gasteiger partial charge >= 0.3 is 6.16 Å². The fraction of sp³-hybridized carbons (Fsp3) is 0.462. The molecule has 2 N–H and O–H groups in total. The molecule has 0 aliphatic heterocycles. The van der Waals surface area contributed by atoms with E-state index in [9.17, 15) is 14.9 Å². The number of non-ortho nitro benzene ring substituents is 1. The molecule has 1 rings (SSSR count). The molecule has 0 unspecified atom stereocenters. The summed E-state index contributed by atoms with van der Waals surface area (Å²) in [7, 11) is 0. The number of carbonyl (C=O) groups is 1. The van der Waals surface area contributed by atoms with E-state index in [1.165, 1.54) is 24.3 Å². The lowest BCUT2D eigenvalue weighted by Gasteiger charge is -2.24. The minimum Gasteiger partial charge on any atom is -0.428 e. The molecule has 1 aromatic rings. The molecule has 0 spiro atoms. The number of benzene rings is 1. The Bertz CT molecular complexity index is 470. The molecule has 0 aliphatic carbocycles. The SMILES string of the molecule is CC(C)(CCCN)OC(=O)Oc1ccc([N+](=O)[O-])cc1. The minimum atomic E-state index is -0.846. The molecule has 0 amide bonds. The number of rotatable bonds is 6. The van der Waals surface area contributed by atoms with Crippen molar-refractivity contribution in [1.82, 2.24) is 0 Å². The summed E-state index contributed by atoms with van der Waals surface area (Å²) in [6, 6.07) is 5.18. The number of nitrogens with two attached hydrogens (primary N) is 1. The summed E-state index contributed by atoms with van der Waals surface area (Å²) in [5, 5.41) is 10.5. The molecule has 7 heteroatoms. The van der Waals surface area contributed by atoms with E-state index in [-0.39, 0.29) is 11.4 Å². The number of ether oxygens (including phenoxy) is 2. The topological polar surface area (TPSA) is 105 Å². The Morgan fingerprint density at radius 2 is 1.95 bits per heavy atom. The molecule has 0 fully saturated rings. The Morgan fingerprint density at radius 1 is 1.35 bits per heavy atom. The summed E-state index contributed by atoms with van der Waals surface area (Å²) in [4.78, 5) is 21.6. The number of hydrogen-bond donors (Lipinski definition) is 1. The zero-order valence-electron chi connectivity index (χ0n) is 11.5. The largest absolute Gasteiger partial charge is 0.514 e. The molecular formula is C13H18N2O5. The molecule has 0 radical (unpaired) electrons. The normalized spacial score (nSPS) is 10.9. The highest BCUT2D eigenvalue weighted by Crippen LogP contribution is 2.20. The van der Waals surface area contributed by atoms with E-state index >= 15 is 0 Å². The lowest BCUT2D eigenvalue weighted by molar-refractivity contribution is -0.384. The molecule has 1 aromatic carbocycles. The number of nitro groups is 1. The first-order valence-electron chi connectivity index (χ1n) is 6.19. The maximum Gasteiger partial charge on any atom is 0.514 e. The predicted molar refractivity (Wildman–Crippen MR) is 72.6 cm³/mol. The van der Waals surface area contributed by atoms with Crippen molar-refractivity contribution in [2.75, 3.05) is 6.54 Å². The van der Waals surface area contributed by atoms with Crippen molar-refractivity contribution >= 4 is 11.8 Å². The number of carbonyl (C=O) groups excluding carboxylic acids is 1. The highest BCUT2D eigenvalue weighted by atomic mass is 16.7. The van der Waals surface area contributed by atoms with Crippen LogP contribution in [-0.2, 0) is 4.74 Å². The van der Waals surface area contributed by atoms with Crippen LogP contribution in [0.4, 0.5) is 10.5 Å². The Hall–Kier alpha value is -2.15. The molecule has 20 heavy (non-hydrogen) atoms. The average Bonchev–Trinajstić information content (AvgIpc) is 2.36. The third kappa shape index (κ3) is 5.23. The van der Waals surface area contributed by atoms with Gasteiger partial charge in [0.1, 0.15) is 11.4 Å². The van der Waals surface area contributed by atoms with E-state index in [1.54, 1.807) is 13.8 Å². The number of nitrogens with zero attached hydrogens (tertiary/aromatic N) is 1. The van der Waals surface area contributed by atoms with Crippen LogP contribution in [0.5, 0.6) is 5.75 Å². The first-order valence-corrected chi connectivity index (χ1v) is 6.19. The standard InChI is InChI=1S/C13H18N2O5/c1-13(2,8-3-9-14)20-12(16)19-11-6-4-10(5-7-11)15(17)18/h4-7H,3,8-9,14H2,1-2H3. The van der Waals surface area contributed by atoms with Gasteiger partial charge < -0.3 is 15.2 Å². The van der Waals surface area contributed by atoms with Gasteiger partial charge in [0.15, 0.2) is 0 Å². The monoisotopic (exact) mass is 282 g/mol. The molecule has 0 bridgehead atoms. The Kier molecular flexibility index (Phi) is 5.45. The van der Waals surface area contributed by atoms with Gasteiger partial charge in [-0.05, 0) is 45.4 Å². The van der Waals surface area contributed by atoms with Crippen molar-refractivity contribution in [2.24, 2.45) is 5.73 Å². The molecule has 0 aliphatic rings. The van der Waals surface area contributed by atoms with Crippen molar-refractivity contribution < 1.29 is 19.2 Å². The summed E-state index contributed by atoms with van der Waals surface area (Å²) < 4.78 is 10.1. The third-order valence-corrected chi connectivity index (χ3v) is 2.59. The minimum absolute atomic E-state index is 0.0750. The maximum absolute atomic E-state index is 11.6. The van der Waals surface area contributed by atoms with Crippen LogP contribution in [0.15, 0.2) is 24.3 Å². The van der Waals surface area contributed by atoms with Crippen LogP contribution in [0.3, 0.4) is 0 Å². The first-order chi connectivity index (χ1) is 9.34. The van der Waals surface area contributed by atoms with Crippen molar-refractivity contribution in [1.29, 1.82) is 0 Å². The van der Waals surface area contributed by atoms with Gasteiger partial charge in [0.2, 0.25) is 0 Å². The van der Waals surface area contributed by atoms with Crippen LogP contribution in [0.2, 0.25) is 0 Å². The maximum atomic E-state index is 11.6. The summed E-state index contributed by atoms with van der Waals surface area (Å²) in [6.45, 7) is 4.05. The zero-order chi connectivity index (χ0) is 15.2. The molecule has 0 atom stereocenters. The number of hydrogen-bond acceptors (Lipinski definition) is 6. The zero-order valence-corrected chi connectivity index (χ0v) is 11.5. The van der Waals surface area contributed by atoms with Crippen molar-refractivity contribution in [3.8, 4) is 5.75 Å². The average molecular weight is 282 g/mol. The van der Waals surface area contributed by atoms with E-state index in [0.29, 0.717) is 13.0 Å². The van der Waals surface area contributed by atoms with Crippen molar-refractivity contribution in [2.45, 2.75) is 32.3 Å². The summed E-state index contributed by atoms with van der Waals surface area (Å²) in [6.07, 6.45) is 0.511. The fourth-order valence-corrected chi connectivity index (χ4v) is 1.56. The Morgan fingerprint density at radius 3 is 2.45 bits per heavy atom. The molecule has 110 valence electrons. The van der Waals surface area contributed by atoms with Gasteiger partial charge in [-0.3, -0.25) is 10.1 Å². The van der Waals surface area contributed by atoms with Gasteiger partial charge in [0.05, 0.1) is 4.92 Å². The molecule has 0 heterocycles. The Labute approximate surface area is 116 Å². The van der Waals surface area contributed by atoms with E-state index in [1.807, 2.05) is 0 Å². The first kappa shape index (κ1) is 15.9. The van der Waals surface area contributed by atoms with Crippen LogP contribution in [0, 0.1) is 10.1 Å². The molecular weight excluding hydrogens is 264 g/mol. The fourth-order valence-electron chi connectivity index (χ4n) is 1.56. The van der Waals surface area contributed by atoms with Gasteiger partial charge in [0.25, 0.3) is 5.69 Å². The van der Waals surface area contributed by atoms with Gasteiger partial charge in [0, 0.05) is 12.1 Å². The third-order valence-electron chi connectivity index (χ3n) is 2.59. The smallest absolute Gasteiger partial charge is 0.428 e. The van der Waals surface area contributed by atoms with Crippen LogP contribution >= 0.6 is 0 Å². The predicted octanol–water partition coefficient (Wildman–Crippen LogP) is 2.63. The quantitative estimate of drug-likeness (QED) is 0.372. The van der Waals surface area contributed by atoms with Crippen LogP contribution in [-0.4, -0.2) is 23.2 Å². The second kappa shape index (κ2) is 6.85. The second-order valence-corrected chi connectivity index (χ2v) is 4.86. The lowest BCUT2D eigenvalue weighted by atomic mass is 10.0. The second-order valence-electron chi connectivity index (χ2n) is 4.86.